The van der Waals surface area contributed by atoms with Crippen molar-refractivity contribution in [3.63, 3.8) is 0 Å². The largest absolute Gasteiger partial charge is 0.436 e. The zero-order valence-corrected chi connectivity index (χ0v) is 12.6. The van der Waals surface area contributed by atoms with Crippen LogP contribution in [0.1, 0.15) is 29.1 Å². The van der Waals surface area contributed by atoms with E-state index in [1.165, 1.54) is 6.07 Å². The third-order valence-electron chi connectivity index (χ3n) is 2.11. The molecule has 21 heavy (non-hydrogen) atoms. The molecule has 0 aliphatic heterocycles. The minimum Gasteiger partial charge on any atom is -0.436 e. The van der Waals surface area contributed by atoms with Crippen LogP contribution in [0.2, 0.25) is 5.02 Å². The fourth-order valence-electron chi connectivity index (χ4n) is 1.24. The van der Waals surface area contributed by atoms with Crippen LogP contribution in [0.3, 0.4) is 0 Å². The Morgan fingerprint density at radius 3 is 2.57 bits per heavy atom. The molecule has 0 aromatic carbocycles. The summed E-state index contributed by atoms with van der Waals surface area (Å²) in [6.07, 6.45) is -3.32. The van der Waals surface area contributed by atoms with Crippen molar-refractivity contribution >= 4 is 29.2 Å². The van der Waals surface area contributed by atoms with E-state index in [0.717, 1.165) is 17.4 Å². The molecule has 0 unspecified atom stereocenters. The molecule has 114 valence electrons. The van der Waals surface area contributed by atoms with Crippen LogP contribution in [-0.2, 0) is 6.18 Å². The molecular weight excluding hydrogens is 327 g/mol. The van der Waals surface area contributed by atoms with Gasteiger partial charge >= 0.3 is 6.18 Å². The zero-order chi connectivity index (χ0) is 16.0. The van der Waals surface area contributed by atoms with E-state index < -0.39 is 11.7 Å². The van der Waals surface area contributed by atoms with E-state index >= 15 is 0 Å². The third-order valence-corrected chi connectivity index (χ3v) is 3.20. The second kappa shape index (κ2) is 7.42. The summed E-state index contributed by atoms with van der Waals surface area (Å²) in [5, 5.41) is 1.33. The van der Waals surface area contributed by atoms with E-state index in [4.69, 9.17) is 16.3 Å². The van der Waals surface area contributed by atoms with Gasteiger partial charge in [-0.2, -0.15) is 13.2 Å². The van der Waals surface area contributed by atoms with Gasteiger partial charge in [-0.1, -0.05) is 25.4 Å². The smallest absolute Gasteiger partial charge is 0.417 e. The fourth-order valence-corrected chi connectivity index (χ4v) is 2.06. The predicted octanol–water partition coefficient (Wildman–Crippen LogP) is 5.45. The number of rotatable bonds is 3. The molecule has 2 heterocycles. The van der Waals surface area contributed by atoms with Crippen LogP contribution in [0.5, 0.6) is 11.6 Å². The van der Waals surface area contributed by atoms with Crippen molar-refractivity contribution in [2.24, 2.45) is 0 Å². The van der Waals surface area contributed by atoms with Crippen LogP contribution in [0.25, 0.3) is 0 Å². The number of hydrogen-bond acceptors (Lipinski definition) is 4. The summed E-state index contributed by atoms with van der Waals surface area (Å²) >= 11 is 6.81. The summed E-state index contributed by atoms with van der Waals surface area (Å²) in [4.78, 5) is 14.5. The highest BCUT2D eigenvalue weighted by Gasteiger charge is 2.31. The molecule has 0 saturated heterocycles. The van der Waals surface area contributed by atoms with Crippen molar-refractivity contribution in [1.29, 1.82) is 0 Å². The average Bonchev–Trinajstić information content (AvgIpc) is 2.89. The molecule has 3 nitrogen and oxygen atoms in total. The lowest BCUT2D eigenvalue weighted by Crippen LogP contribution is -2.05. The Labute approximate surface area is 128 Å². The first-order chi connectivity index (χ1) is 9.91. The molecule has 2 rings (SSSR count). The molecule has 2 aromatic rings. The Balaban J connectivity index is 0.00000106. The summed E-state index contributed by atoms with van der Waals surface area (Å²) in [5.41, 5.74) is -0.967. The van der Waals surface area contributed by atoms with E-state index in [9.17, 15) is 18.0 Å². The lowest BCUT2D eigenvalue weighted by Gasteiger charge is -2.09. The first-order valence-corrected chi connectivity index (χ1v) is 7.11. The molecule has 0 fully saturated rings. The first kappa shape index (κ1) is 17.5. The third kappa shape index (κ3) is 4.44. The van der Waals surface area contributed by atoms with Crippen LogP contribution < -0.4 is 4.74 Å². The average molecular weight is 338 g/mol. The van der Waals surface area contributed by atoms with Crippen molar-refractivity contribution in [3.8, 4) is 11.6 Å². The number of aromatic nitrogens is 1. The first-order valence-electron chi connectivity index (χ1n) is 5.85. The van der Waals surface area contributed by atoms with Gasteiger partial charge in [-0.15, -0.1) is 11.3 Å². The van der Waals surface area contributed by atoms with E-state index in [1.54, 1.807) is 5.38 Å². The second-order valence-electron chi connectivity index (χ2n) is 3.38. The van der Waals surface area contributed by atoms with Crippen molar-refractivity contribution in [2.45, 2.75) is 20.0 Å². The Hall–Kier alpha value is -1.60. The molecule has 0 aliphatic carbocycles. The summed E-state index contributed by atoms with van der Waals surface area (Å²) in [6, 6.07) is 2.22. The number of thiophene rings is 1. The van der Waals surface area contributed by atoms with Crippen molar-refractivity contribution in [3.05, 3.63) is 39.2 Å². The normalized spacial score (nSPS) is 10.6. The van der Waals surface area contributed by atoms with Crippen LogP contribution >= 0.6 is 22.9 Å². The monoisotopic (exact) mass is 337 g/mol. The van der Waals surface area contributed by atoms with Crippen LogP contribution in [0.4, 0.5) is 13.2 Å². The molecule has 0 bridgehead atoms. The number of ether oxygens (including phenoxy) is 1. The number of nitrogens with zero attached hydrogens (tertiary/aromatic N) is 1. The summed E-state index contributed by atoms with van der Waals surface area (Å²) in [6.45, 7) is 4.00. The number of aldehydes is 1. The Morgan fingerprint density at radius 1 is 1.38 bits per heavy atom. The van der Waals surface area contributed by atoms with Gasteiger partial charge < -0.3 is 4.74 Å². The highest BCUT2D eigenvalue weighted by atomic mass is 35.5. The number of carbonyl (C=O) groups is 1. The standard InChI is InChI=1S/C11H5ClF3NO2S.C2H6/c12-7-3-6(11(13,14)15)4-16-10(7)18-8-1-2-19-9(8)5-17;1-2/h1-5H;1-2H3. The zero-order valence-electron chi connectivity index (χ0n) is 11.1. The van der Waals surface area contributed by atoms with Gasteiger partial charge in [-0.25, -0.2) is 4.98 Å². The maximum Gasteiger partial charge on any atom is 0.417 e. The molecule has 8 heteroatoms. The maximum absolute atomic E-state index is 12.4. The maximum atomic E-state index is 12.4. The number of pyridine rings is 1. The van der Waals surface area contributed by atoms with Gasteiger partial charge in [0.1, 0.15) is 9.90 Å². The lowest BCUT2D eigenvalue weighted by atomic mass is 10.3. The van der Waals surface area contributed by atoms with Crippen LogP contribution in [-0.4, -0.2) is 11.3 Å². The van der Waals surface area contributed by atoms with E-state index in [1.807, 2.05) is 13.8 Å². The predicted molar refractivity (Wildman–Crippen MR) is 75.4 cm³/mol. The highest BCUT2D eigenvalue weighted by molar-refractivity contribution is 7.12. The lowest BCUT2D eigenvalue weighted by molar-refractivity contribution is -0.137. The fraction of sp³-hybridized carbons (Fsp3) is 0.231. The highest BCUT2D eigenvalue weighted by Crippen LogP contribution is 2.35. The van der Waals surface area contributed by atoms with Crippen molar-refractivity contribution < 1.29 is 22.7 Å². The summed E-state index contributed by atoms with van der Waals surface area (Å²) < 4.78 is 42.4. The summed E-state index contributed by atoms with van der Waals surface area (Å²) in [5.74, 6) is 0.0188. The molecule has 0 saturated carbocycles. The van der Waals surface area contributed by atoms with E-state index in [-0.39, 0.29) is 16.7 Å². The molecule has 0 aliphatic rings. The molecule has 0 radical (unpaired) electrons. The van der Waals surface area contributed by atoms with Gasteiger partial charge in [-0.05, 0) is 17.5 Å². The topological polar surface area (TPSA) is 39.2 Å². The molecule has 2 aromatic heterocycles. The van der Waals surface area contributed by atoms with Gasteiger partial charge in [0.2, 0.25) is 5.88 Å². The number of carbonyl (C=O) groups excluding carboxylic acids is 1. The van der Waals surface area contributed by atoms with E-state index in [2.05, 4.69) is 4.98 Å². The van der Waals surface area contributed by atoms with Gasteiger partial charge in [0, 0.05) is 6.20 Å². The Kier molecular flexibility index (Phi) is 6.17. The Morgan fingerprint density at radius 2 is 2.05 bits per heavy atom. The van der Waals surface area contributed by atoms with Crippen molar-refractivity contribution in [2.75, 3.05) is 0 Å². The molecular formula is C13H11ClF3NO2S. The van der Waals surface area contributed by atoms with Gasteiger partial charge in [0.25, 0.3) is 0 Å². The van der Waals surface area contributed by atoms with Crippen LogP contribution in [0.15, 0.2) is 23.7 Å². The van der Waals surface area contributed by atoms with Gasteiger partial charge in [-0.3, -0.25) is 4.79 Å². The van der Waals surface area contributed by atoms with Crippen molar-refractivity contribution in [1.82, 2.24) is 4.98 Å². The Bertz CT molecular complexity index is 614. The summed E-state index contributed by atoms with van der Waals surface area (Å²) in [7, 11) is 0. The van der Waals surface area contributed by atoms with Gasteiger partial charge in [0.05, 0.1) is 5.56 Å². The van der Waals surface area contributed by atoms with Crippen LogP contribution in [0, 0.1) is 0 Å². The quantitative estimate of drug-likeness (QED) is 0.699. The second-order valence-corrected chi connectivity index (χ2v) is 4.73. The van der Waals surface area contributed by atoms with E-state index in [0.29, 0.717) is 17.4 Å². The molecule has 0 spiro atoms. The SMILES string of the molecule is CC.O=Cc1sccc1Oc1ncc(C(F)(F)F)cc1Cl. The molecule has 0 N–H and O–H groups in total. The minimum atomic E-state index is -4.52. The number of hydrogen-bond donors (Lipinski definition) is 0. The number of halogens is 4. The number of alkyl halides is 3. The van der Waals surface area contributed by atoms with Gasteiger partial charge in [0.15, 0.2) is 12.0 Å². The molecule has 0 amide bonds. The molecule has 0 atom stereocenters. The minimum absolute atomic E-state index is 0.184.